The molecule has 3 heteroatoms. The van der Waals surface area contributed by atoms with Gasteiger partial charge in [0.15, 0.2) is 6.17 Å². The zero-order valence-corrected chi connectivity index (χ0v) is 13.2. The van der Waals surface area contributed by atoms with E-state index in [2.05, 4.69) is 20.4 Å². The Kier molecular flexibility index (Phi) is 7.53. The average molecular weight is 288 g/mol. The van der Waals surface area contributed by atoms with Gasteiger partial charge in [-0.05, 0) is 38.0 Å². The van der Waals surface area contributed by atoms with E-state index < -0.39 is 18.4 Å². The highest BCUT2D eigenvalue weighted by atomic mass is 19.2. The molecule has 1 fully saturated rings. The van der Waals surface area contributed by atoms with Gasteiger partial charge in [-0.1, -0.05) is 46.1 Å². The maximum absolute atomic E-state index is 14.1. The monoisotopic (exact) mass is 288 g/mol. The maximum atomic E-state index is 14.1. The minimum Gasteiger partial charge on any atom is -0.493 e. The fourth-order valence-electron chi connectivity index (χ4n) is 3.21. The Hall–Kier alpha value is -0.600. The zero-order chi connectivity index (χ0) is 15.1. The van der Waals surface area contributed by atoms with Crippen molar-refractivity contribution >= 4 is 0 Å². The van der Waals surface area contributed by atoms with E-state index in [0.717, 1.165) is 25.7 Å². The predicted octanol–water partition coefficient (Wildman–Crippen LogP) is 5.60. The maximum Gasteiger partial charge on any atom is 0.168 e. The van der Waals surface area contributed by atoms with Gasteiger partial charge in [-0.2, -0.15) is 0 Å². The summed E-state index contributed by atoms with van der Waals surface area (Å²) in [6.07, 6.45) is 3.16. The minimum atomic E-state index is -1.50. The molecular weight excluding hydrogens is 258 g/mol. The fourth-order valence-corrected chi connectivity index (χ4v) is 3.21. The largest absolute Gasteiger partial charge is 0.493 e. The summed E-state index contributed by atoms with van der Waals surface area (Å²) in [6.45, 7) is 9.71. The Balaban J connectivity index is 2.33. The molecule has 0 aromatic heterocycles. The van der Waals surface area contributed by atoms with Gasteiger partial charge in [0.2, 0.25) is 0 Å². The third-order valence-corrected chi connectivity index (χ3v) is 4.34. The molecule has 1 rings (SSSR count). The van der Waals surface area contributed by atoms with Crippen molar-refractivity contribution in [1.82, 2.24) is 0 Å². The SMILES string of the molecule is C=C(C)OC1CCC(CCCC(C)CCC)C(F)C1F. The lowest BCUT2D eigenvalue weighted by atomic mass is 9.81. The Morgan fingerprint density at radius 3 is 2.55 bits per heavy atom. The molecule has 1 aliphatic rings. The van der Waals surface area contributed by atoms with Crippen LogP contribution in [0.15, 0.2) is 12.3 Å². The van der Waals surface area contributed by atoms with Crippen LogP contribution in [0.1, 0.15) is 65.7 Å². The molecule has 118 valence electrons. The van der Waals surface area contributed by atoms with Crippen LogP contribution in [0.2, 0.25) is 0 Å². The summed E-state index contributed by atoms with van der Waals surface area (Å²) in [5, 5.41) is 0. The molecule has 0 N–H and O–H groups in total. The second kappa shape index (κ2) is 8.63. The molecule has 0 aromatic carbocycles. The first-order valence-corrected chi connectivity index (χ1v) is 8.06. The molecule has 0 saturated heterocycles. The molecule has 0 bridgehead atoms. The lowest BCUT2D eigenvalue weighted by Crippen LogP contribution is -2.42. The van der Waals surface area contributed by atoms with Gasteiger partial charge in [0.1, 0.15) is 12.3 Å². The minimum absolute atomic E-state index is 0.135. The first-order chi connectivity index (χ1) is 9.45. The standard InChI is InChI=1S/C17H30F2O/c1-5-7-13(4)8-6-9-14-10-11-15(20-12(2)3)17(19)16(14)18/h13-17H,2,5-11H2,1,3-4H3. The predicted molar refractivity (Wildman–Crippen MR) is 80.1 cm³/mol. The van der Waals surface area contributed by atoms with Gasteiger partial charge in [0.25, 0.3) is 0 Å². The summed E-state index contributed by atoms with van der Waals surface area (Å²) >= 11 is 0. The molecule has 0 amide bonds. The lowest BCUT2D eigenvalue weighted by molar-refractivity contribution is -0.0512. The molecule has 1 saturated carbocycles. The highest BCUT2D eigenvalue weighted by Gasteiger charge is 2.41. The van der Waals surface area contributed by atoms with Gasteiger partial charge < -0.3 is 4.74 Å². The average Bonchev–Trinajstić information content (AvgIpc) is 2.37. The molecule has 0 aromatic rings. The third-order valence-electron chi connectivity index (χ3n) is 4.34. The van der Waals surface area contributed by atoms with E-state index in [1.165, 1.54) is 12.8 Å². The Morgan fingerprint density at radius 1 is 1.25 bits per heavy atom. The highest BCUT2D eigenvalue weighted by molar-refractivity contribution is 4.91. The van der Waals surface area contributed by atoms with Gasteiger partial charge in [-0.15, -0.1) is 0 Å². The summed E-state index contributed by atoms with van der Waals surface area (Å²) in [5.41, 5.74) is 0. The molecule has 0 heterocycles. The quantitative estimate of drug-likeness (QED) is 0.528. The van der Waals surface area contributed by atoms with E-state index in [1.807, 2.05) is 0 Å². The van der Waals surface area contributed by atoms with Crippen LogP contribution in [0.5, 0.6) is 0 Å². The lowest BCUT2D eigenvalue weighted by Gasteiger charge is -2.35. The third kappa shape index (κ3) is 5.41. The summed E-state index contributed by atoms with van der Waals surface area (Å²) in [7, 11) is 0. The molecule has 20 heavy (non-hydrogen) atoms. The molecule has 0 radical (unpaired) electrons. The second-order valence-corrected chi connectivity index (χ2v) is 6.41. The molecule has 1 nitrogen and oxygen atoms in total. The zero-order valence-electron chi connectivity index (χ0n) is 13.2. The van der Waals surface area contributed by atoms with Crippen molar-refractivity contribution in [2.24, 2.45) is 11.8 Å². The van der Waals surface area contributed by atoms with E-state index in [1.54, 1.807) is 6.92 Å². The first-order valence-electron chi connectivity index (χ1n) is 8.06. The van der Waals surface area contributed by atoms with Crippen LogP contribution in [0.25, 0.3) is 0 Å². The van der Waals surface area contributed by atoms with Crippen LogP contribution in [0, 0.1) is 11.8 Å². The second-order valence-electron chi connectivity index (χ2n) is 6.41. The molecule has 0 spiro atoms. The van der Waals surface area contributed by atoms with Gasteiger partial charge >= 0.3 is 0 Å². The van der Waals surface area contributed by atoms with E-state index in [4.69, 9.17) is 4.74 Å². The summed E-state index contributed by atoms with van der Waals surface area (Å²) in [4.78, 5) is 0. The highest BCUT2D eigenvalue weighted by Crippen LogP contribution is 2.35. The number of halogens is 2. The first kappa shape index (κ1) is 17.5. The number of alkyl halides is 2. The fraction of sp³-hybridized carbons (Fsp3) is 0.882. The van der Waals surface area contributed by atoms with Crippen molar-refractivity contribution < 1.29 is 13.5 Å². The molecular formula is C17H30F2O. The molecule has 0 aliphatic heterocycles. The molecule has 5 atom stereocenters. The van der Waals surface area contributed by atoms with Crippen molar-refractivity contribution in [3.8, 4) is 0 Å². The molecule has 1 aliphatic carbocycles. The molecule has 5 unspecified atom stereocenters. The number of hydrogen-bond donors (Lipinski definition) is 0. The van der Waals surface area contributed by atoms with Crippen LogP contribution >= 0.6 is 0 Å². The van der Waals surface area contributed by atoms with Crippen molar-refractivity contribution in [2.75, 3.05) is 0 Å². The van der Waals surface area contributed by atoms with Gasteiger partial charge in [0.05, 0.1) is 5.76 Å². The topological polar surface area (TPSA) is 9.23 Å². The van der Waals surface area contributed by atoms with Gasteiger partial charge in [-0.3, -0.25) is 0 Å². The van der Waals surface area contributed by atoms with E-state index in [-0.39, 0.29) is 5.92 Å². The van der Waals surface area contributed by atoms with Crippen molar-refractivity contribution in [3.63, 3.8) is 0 Å². The summed E-state index contributed by atoms with van der Waals surface area (Å²) in [6, 6.07) is 0. The van der Waals surface area contributed by atoms with Crippen LogP contribution < -0.4 is 0 Å². The number of rotatable bonds is 8. The van der Waals surface area contributed by atoms with E-state index in [0.29, 0.717) is 18.1 Å². The van der Waals surface area contributed by atoms with Crippen LogP contribution in [-0.2, 0) is 4.74 Å². The van der Waals surface area contributed by atoms with E-state index >= 15 is 0 Å². The van der Waals surface area contributed by atoms with Crippen LogP contribution in [0.3, 0.4) is 0 Å². The van der Waals surface area contributed by atoms with E-state index in [9.17, 15) is 8.78 Å². The number of allylic oxidation sites excluding steroid dienone is 1. The van der Waals surface area contributed by atoms with Crippen molar-refractivity contribution in [3.05, 3.63) is 12.3 Å². The van der Waals surface area contributed by atoms with Crippen molar-refractivity contribution in [2.45, 2.75) is 84.2 Å². The Labute approximate surface area is 122 Å². The number of ether oxygens (including phenoxy) is 1. The van der Waals surface area contributed by atoms with Crippen LogP contribution in [0.4, 0.5) is 8.78 Å². The van der Waals surface area contributed by atoms with Crippen molar-refractivity contribution in [1.29, 1.82) is 0 Å². The Bertz CT molecular complexity index is 293. The normalized spacial score (nSPS) is 31.9. The van der Waals surface area contributed by atoms with Crippen LogP contribution in [-0.4, -0.2) is 18.4 Å². The van der Waals surface area contributed by atoms with Gasteiger partial charge in [0, 0.05) is 0 Å². The number of hydrogen-bond acceptors (Lipinski definition) is 1. The summed E-state index contributed by atoms with van der Waals surface area (Å²) < 4.78 is 33.4. The summed E-state index contributed by atoms with van der Waals surface area (Å²) in [5.74, 6) is 1.03. The van der Waals surface area contributed by atoms with Gasteiger partial charge in [-0.25, -0.2) is 8.78 Å². The Morgan fingerprint density at radius 2 is 1.95 bits per heavy atom. The smallest absolute Gasteiger partial charge is 0.168 e.